The summed E-state index contributed by atoms with van der Waals surface area (Å²) in [5, 5.41) is 2.65. The molecule has 1 N–H and O–H groups in total. The standard InChI is InChI=1S/C25H24N2O7/c1-14-21(22(25(31)32-3)15(2)27(14)18-10-11-18)19(28)13-34-24(30)16-6-8-17(9-7-16)26-23(29)20-5-4-12-33-20/h4-9,12,18H,10-11,13H2,1-3H3,(H,26,29). The summed E-state index contributed by atoms with van der Waals surface area (Å²) >= 11 is 0. The minimum Gasteiger partial charge on any atom is -0.465 e. The Balaban J connectivity index is 1.43. The number of benzene rings is 1. The van der Waals surface area contributed by atoms with Gasteiger partial charge in [-0.25, -0.2) is 9.59 Å². The maximum absolute atomic E-state index is 13.0. The number of carbonyl (C=O) groups excluding carboxylic acids is 4. The molecular formula is C25H24N2O7. The molecule has 2 heterocycles. The summed E-state index contributed by atoms with van der Waals surface area (Å²) in [6.07, 6.45) is 3.36. The van der Waals surface area contributed by atoms with E-state index in [-0.39, 0.29) is 28.5 Å². The number of ether oxygens (including phenoxy) is 2. The van der Waals surface area contributed by atoms with Gasteiger partial charge in [0.05, 0.1) is 30.1 Å². The van der Waals surface area contributed by atoms with Crippen LogP contribution in [0.1, 0.15) is 71.9 Å². The molecule has 0 spiro atoms. The van der Waals surface area contributed by atoms with Crippen LogP contribution in [-0.4, -0.2) is 41.9 Å². The molecule has 1 fully saturated rings. The Labute approximate surface area is 195 Å². The van der Waals surface area contributed by atoms with E-state index in [2.05, 4.69) is 5.32 Å². The maximum Gasteiger partial charge on any atom is 0.340 e. The zero-order valence-corrected chi connectivity index (χ0v) is 19.0. The van der Waals surface area contributed by atoms with Crippen LogP contribution in [0.5, 0.6) is 0 Å². The van der Waals surface area contributed by atoms with Crippen molar-refractivity contribution in [3.63, 3.8) is 0 Å². The number of hydrogen-bond donors (Lipinski definition) is 1. The number of nitrogens with one attached hydrogen (secondary N) is 1. The number of anilines is 1. The molecule has 1 amide bonds. The summed E-state index contributed by atoms with van der Waals surface area (Å²) in [7, 11) is 1.26. The topological polar surface area (TPSA) is 117 Å². The molecule has 1 aromatic carbocycles. The second-order valence-corrected chi connectivity index (χ2v) is 8.02. The lowest BCUT2D eigenvalue weighted by Crippen LogP contribution is -2.18. The molecular weight excluding hydrogens is 440 g/mol. The van der Waals surface area contributed by atoms with Crippen LogP contribution in [0.4, 0.5) is 5.69 Å². The van der Waals surface area contributed by atoms with E-state index < -0.39 is 30.2 Å². The average molecular weight is 464 g/mol. The highest BCUT2D eigenvalue weighted by Gasteiger charge is 2.34. The lowest BCUT2D eigenvalue weighted by molar-refractivity contribution is 0.0473. The molecule has 0 bridgehead atoms. The lowest BCUT2D eigenvalue weighted by Gasteiger charge is -2.08. The van der Waals surface area contributed by atoms with Crippen LogP contribution in [0.2, 0.25) is 0 Å². The highest BCUT2D eigenvalue weighted by molar-refractivity contribution is 6.09. The number of Topliss-reactive ketones (excluding diaryl/α,β-unsaturated/α-hetero) is 1. The number of aromatic nitrogens is 1. The van der Waals surface area contributed by atoms with E-state index in [0.717, 1.165) is 12.8 Å². The molecule has 176 valence electrons. The van der Waals surface area contributed by atoms with Crippen molar-refractivity contribution in [2.24, 2.45) is 0 Å². The quantitative estimate of drug-likeness (QED) is 0.394. The number of esters is 2. The van der Waals surface area contributed by atoms with E-state index in [1.165, 1.54) is 43.7 Å². The SMILES string of the molecule is COC(=O)c1c(C(=O)COC(=O)c2ccc(NC(=O)c3ccco3)cc2)c(C)n(C2CC2)c1C. The van der Waals surface area contributed by atoms with Gasteiger partial charge >= 0.3 is 11.9 Å². The third-order valence-corrected chi connectivity index (χ3v) is 5.73. The molecule has 34 heavy (non-hydrogen) atoms. The number of furan rings is 1. The Kier molecular flexibility index (Phi) is 6.36. The monoisotopic (exact) mass is 464 g/mol. The summed E-state index contributed by atoms with van der Waals surface area (Å²) in [6, 6.07) is 9.43. The van der Waals surface area contributed by atoms with Gasteiger partial charge in [-0.3, -0.25) is 9.59 Å². The molecule has 2 aromatic heterocycles. The van der Waals surface area contributed by atoms with Crippen LogP contribution in [0, 0.1) is 13.8 Å². The average Bonchev–Trinajstić information content (AvgIpc) is 3.42. The van der Waals surface area contributed by atoms with Gasteiger partial charge in [0.2, 0.25) is 5.78 Å². The van der Waals surface area contributed by atoms with Crippen molar-refractivity contribution >= 4 is 29.3 Å². The molecule has 0 unspecified atom stereocenters. The van der Waals surface area contributed by atoms with Gasteiger partial charge in [-0.05, 0) is 63.1 Å². The van der Waals surface area contributed by atoms with Crippen molar-refractivity contribution in [3.8, 4) is 0 Å². The third-order valence-electron chi connectivity index (χ3n) is 5.73. The Bertz CT molecular complexity index is 1250. The van der Waals surface area contributed by atoms with Crippen molar-refractivity contribution < 1.29 is 33.1 Å². The van der Waals surface area contributed by atoms with Gasteiger partial charge in [-0.15, -0.1) is 0 Å². The van der Waals surface area contributed by atoms with Crippen molar-refractivity contribution in [2.45, 2.75) is 32.7 Å². The van der Waals surface area contributed by atoms with Crippen LogP contribution in [-0.2, 0) is 9.47 Å². The minimum absolute atomic E-state index is 0.161. The Morgan fingerprint density at radius 1 is 1.00 bits per heavy atom. The van der Waals surface area contributed by atoms with Gasteiger partial charge in [0.15, 0.2) is 12.4 Å². The van der Waals surface area contributed by atoms with Gasteiger partial charge in [0.25, 0.3) is 5.91 Å². The fourth-order valence-corrected chi connectivity index (χ4v) is 4.00. The van der Waals surface area contributed by atoms with E-state index in [1.54, 1.807) is 19.9 Å². The van der Waals surface area contributed by atoms with E-state index in [1.807, 2.05) is 4.57 Å². The molecule has 0 saturated heterocycles. The van der Waals surface area contributed by atoms with E-state index in [9.17, 15) is 19.2 Å². The van der Waals surface area contributed by atoms with E-state index in [0.29, 0.717) is 17.1 Å². The van der Waals surface area contributed by atoms with Crippen molar-refractivity contribution in [2.75, 3.05) is 19.0 Å². The van der Waals surface area contributed by atoms with Crippen LogP contribution in [0.3, 0.4) is 0 Å². The Hall–Kier alpha value is -4.14. The summed E-state index contributed by atoms with van der Waals surface area (Å²) in [4.78, 5) is 49.9. The number of hydrogen-bond acceptors (Lipinski definition) is 7. The first-order chi connectivity index (χ1) is 16.3. The van der Waals surface area contributed by atoms with Crippen LogP contribution >= 0.6 is 0 Å². The maximum atomic E-state index is 13.0. The molecule has 1 saturated carbocycles. The smallest absolute Gasteiger partial charge is 0.340 e. The zero-order chi connectivity index (χ0) is 24.4. The first-order valence-corrected chi connectivity index (χ1v) is 10.8. The second-order valence-electron chi connectivity index (χ2n) is 8.02. The molecule has 0 radical (unpaired) electrons. The number of nitrogens with zero attached hydrogens (tertiary/aromatic N) is 1. The molecule has 1 aliphatic carbocycles. The van der Waals surface area contributed by atoms with Crippen LogP contribution < -0.4 is 5.32 Å². The number of rotatable bonds is 8. The third kappa shape index (κ3) is 4.50. The van der Waals surface area contributed by atoms with Crippen molar-refractivity contribution in [3.05, 3.63) is 76.5 Å². The number of methoxy groups -OCH3 is 1. The number of ketones is 1. The van der Waals surface area contributed by atoms with Crippen molar-refractivity contribution in [1.29, 1.82) is 0 Å². The Morgan fingerprint density at radius 2 is 1.68 bits per heavy atom. The summed E-state index contributed by atoms with van der Waals surface area (Å²) in [6.45, 7) is 3.05. The minimum atomic E-state index is -0.701. The molecule has 9 heteroatoms. The van der Waals surface area contributed by atoms with Crippen molar-refractivity contribution in [1.82, 2.24) is 4.57 Å². The first-order valence-electron chi connectivity index (χ1n) is 10.8. The summed E-state index contributed by atoms with van der Waals surface area (Å²) in [5.41, 5.74) is 2.45. The van der Waals surface area contributed by atoms with Gasteiger partial charge in [0.1, 0.15) is 0 Å². The summed E-state index contributed by atoms with van der Waals surface area (Å²) in [5.74, 6) is -2.03. The van der Waals surface area contributed by atoms with Crippen LogP contribution in [0.25, 0.3) is 0 Å². The second kappa shape index (κ2) is 9.38. The van der Waals surface area contributed by atoms with E-state index in [4.69, 9.17) is 13.9 Å². The fraction of sp³-hybridized carbons (Fsp3) is 0.280. The van der Waals surface area contributed by atoms with E-state index >= 15 is 0 Å². The molecule has 0 aliphatic heterocycles. The Morgan fingerprint density at radius 3 is 2.26 bits per heavy atom. The highest BCUT2D eigenvalue weighted by Crippen LogP contribution is 2.40. The van der Waals surface area contributed by atoms with Gasteiger partial charge in [0, 0.05) is 23.1 Å². The lowest BCUT2D eigenvalue weighted by atomic mass is 10.1. The molecule has 4 rings (SSSR count). The predicted molar refractivity (Wildman–Crippen MR) is 121 cm³/mol. The highest BCUT2D eigenvalue weighted by atomic mass is 16.5. The van der Waals surface area contributed by atoms with Gasteiger partial charge in [-0.1, -0.05) is 0 Å². The van der Waals surface area contributed by atoms with Gasteiger partial charge in [-0.2, -0.15) is 0 Å². The number of carbonyl (C=O) groups is 4. The summed E-state index contributed by atoms with van der Waals surface area (Å²) < 4.78 is 17.1. The molecule has 9 nitrogen and oxygen atoms in total. The molecule has 3 aromatic rings. The predicted octanol–water partition coefficient (Wildman–Crippen LogP) is 4.11. The van der Waals surface area contributed by atoms with Crippen LogP contribution in [0.15, 0.2) is 47.1 Å². The van der Waals surface area contributed by atoms with Gasteiger partial charge < -0.3 is 23.8 Å². The molecule has 0 atom stereocenters. The first kappa shape index (κ1) is 23.0. The molecule has 1 aliphatic rings. The fourth-order valence-electron chi connectivity index (χ4n) is 4.00. The zero-order valence-electron chi connectivity index (χ0n) is 19.0. The largest absolute Gasteiger partial charge is 0.465 e. The normalized spacial score (nSPS) is 12.8. The number of amides is 1.